The van der Waals surface area contributed by atoms with Gasteiger partial charge < -0.3 is 0 Å². The molecule has 0 aliphatic heterocycles. The standard InChI is InChI=1S/C18H14N6S2/c1-10-16(26-18(23-10)11-7-21-9-22-8-11)13-6-14-12(4-5-25-14)15(24-13)17(19-2)20-3/h4-9H,2H2,1,3H3. The molecule has 4 aromatic heterocycles. The summed E-state index contributed by atoms with van der Waals surface area (Å²) in [6, 6.07) is 4.13. The van der Waals surface area contributed by atoms with E-state index in [1.807, 2.05) is 18.4 Å². The monoisotopic (exact) mass is 378 g/mol. The smallest absolute Gasteiger partial charge is 0.173 e. The van der Waals surface area contributed by atoms with Crippen LogP contribution in [-0.2, 0) is 0 Å². The van der Waals surface area contributed by atoms with Crippen molar-refractivity contribution in [3.63, 3.8) is 0 Å². The lowest BCUT2D eigenvalue weighted by atomic mass is 10.2. The van der Waals surface area contributed by atoms with Gasteiger partial charge in [0.25, 0.3) is 0 Å². The molecule has 0 aliphatic carbocycles. The molecule has 0 saturated carbocycles. The average molecular weight is 378 g/mol. The first kappa shape index (κ1) is 16.6. The summed E-state index contributed by atoms with van der Waals surface area (Å²) in [7, 11) is 1.70. The molecule has 4 aromatic rings. The van der Waals surface area contributed by atoms with Crippen molar-refractivity contribution < 1.29 is 0 Å². The number of thiazole rings is 1. The first-order valence-corrected chi connectivity index (χ1v) is 9.46. The van der Waals surface area contributed by atoms with Gasteiger partial charge in [-0.05, 0) is 31.2 Å². The third-order valence-electron chi connectivity index (χ3n) is 3.86. The predicted octanol–water partition coefficient (Wildman–Crippen LogP) is 4.26. The van der Waals surface area contributed by atoms with Crippen LogP contribution in [0.25, 0.3) is 31.2 Å². The Labute approximate surface area is 158 Å². The van der Waals surface area contributed by atoms with Crippen molar-refractivity contribution in [2.45, 2.75) is 6.92 Å². The molecule has 0 amide bonds. The van der Waals surface area contributed by atoms with E-state index < -0.39 is 0 Å². The zero-order chi connectivity index (χ0) is 18.1. The summed E-state index contributed by atoms with van der Waals surface area (Å²) in [5.74, 6) is 0.536. The van der Waals surface area contributed by atoms with Crippen LogP contribution in [0.3, 0.4) is 0 Å². The number of rotatable bonds is 3. The Morgan fingerprint density at radius 3 is 2.73 bits per heavy atom. The minimum atomic E-state index is 0.536. The molecular weight excluding hydrogens is 364 g/mol. The molecule has 0 atom stereocenters. The number of aromatic nitrogens is 4. The first-order chi connectivity index (χ1) is 12.7. The molecule has 0 aromatic carbocycles. The van der Waals surface area contributed by atoms with Crippen LogP contribution in [0.2, 0.25) is 0 Å². The van der Waals surface area contributed by atoms with Crippen molar-refractivity contribution in [2.24, 2.45) is 9.98 Å². The van der Waals surface area contributed by atoms with Gasteiger partial charge in [0.05, 0.1) is 16.3 Å². The summed E-state index contributed by atoms with van der Waals surface area (Å²) >= 11 is 3.24. The zero-order valence-electron chi connectivity index (χ0n) is 14.2. The third kappa shape index (κ3) is 2.83. The number of nitrogens with zero attached hydrogens (tertiary/aromatic N) is 6. The van der Waals surface area contributed by atoms with Crippen LogP contribution in [-0.4, -0.2) is 39.5 Å². The van der Waals surface area contributed by atoms with E-state index >= 15 is 0 Å². The Morgan fingerprint density at radius 2 is 2.00 bits per heavy atom. The van der Waals surface area contributed by atoms with Crippen molar-refractivity contribution in [2.75, 3.05) is 7.05 Å². The Kier molecular flexibility index (Phi) is 4.36. The molecular formula is C18H14N6S2. The zero-order valence-corrected chi connectivity index (χ0v) is 15.8. The molecule has 8 heteroatoms. The molecule has 0 fully saturated rings. The van der Waals surface area contributed by atoms with E-state index in [0.29, 0.717) is 5.84 Å². The Bertz CT molecular complexity index is 1130. The topological polar surface area (TPSA) is 76.3 Å². The number of hydrogen-bond donors (Lipinski definition) is 0. The maximum absolute atomic E-state index is 4.83. The van der Waals surface area contributed by atoms with E-state index in [2.05, 4.69) is 37.7 Å². The normalized spacial score (nSPS) is 11.8. The van der Waals surface area contributed by atoms with Gasteiger partial charge in [0.1, 0.15) is 17.0 Å². The number of fused-ring (bicyclic) bond motifs is 1. The van der Waals surface area contributed by atoms with Crippen molar-refractivity contribution >= 4 is 45.3 Å². The van der Waals surface area contributed by atoms with Crippen molar-refractivity contribution in [1.82, 2.24) is 19.9 Å². The fraction of sp³-hybridized carbons (Fsp3) is 0.111. The summed E-state index contributed by atoms with van der Waals surface area (Å²) in [4.78, 5) is 26.9. The number of thiophene rings is 1. The number of hydrogen-bond acceptors (Lipinski definition) is 7. The van der Waals surface area contributed by atoms with Gasteiger partial charge in [0.2, 0.25) is 0 Å². The molecule has 0 spiro atoms. The summed E-state index contributed by atoms with van der Waals surface area (Å²) in [5.41, 5.74) is 3.42. The summed E-state index contributed by atoms with van der Waals surface area (Å²) in [6.07, 6.45) is 5.04. The van der Waals surface area contributed by atoms with Gasteiger partial charge in [-0.25, -0.2) is 24.9 Å². The van der Waals surface area contributed by atoms with E-state index in [9.17, 15) is 0 Å². The van der Waals surface area contributed by atoms with E-state index in [4.69, 9.17) is 4.98 Å². The molecule has 4 rings (SSSR count). The van der Waals surface area contributed by atoms with Gasteiger partial charge in [-0.3, -0.25) is 4.99 Å². The van der Waals surface area contributed by atoms with E-state index in [1.165, 1.54) is 6.33 Å². The second-order valence-corrected chi connectivity index (χ2v) is 7.40. The van der Waals surface area contributed by atoms with Crippen molar-refractivity contribution in [3.05, 3.63) is 47.6 Å². The van der Waals surface area contributed by atoms with Gasteiger partial charge in [-0.2, -0.15) is 0 Å². The Balaban J connectivity index is 1.90. The molecule has 0 aliphatic rings. The lowest BCUT2D eigenvalue weighted by molar-refractivity contribution is 1.16. The minimum Gasteiger partial charge on any atom is -0.268 e. The predicted molar refractivity (Wildman–Crippen MR) is 109 cm³/mol. The summed E-state index contributed by atoms with van der Waals surface area (Å²) in [6.45, 7) is 5.61. The van der Waals surface area contributed by atoms with Crippen LogP contribution in [0.4, 0.5) is 0 Å². The molecule has 0 radical (unpaired) electrons. The van der Waals surface area contributed by atoms with Gasteiger partial charge in [0.15, 0.2) is 5.84 Å². The molecule has 0 bridgehead atoms. The van der Waals surface area contributed by atoms with Gasteiger partial charge in [-0.1, -0.05) is 0 Å². The molecule has 0 saturated heterocycles. The fourth-order valence-electron chi connectivity index (χ4n) is 2.67. The molecule has 0 N–H and O–H groups in total. The number of aliphatic imine (C=N–C) groups is 2. The number of amidine groups is 1. The van der Waals surface area contributed by atoms with Crippen LogP contribution in [0, 0.1) is 6.92 Å². The molecule has 128 valence electrons. The summed E-state index contributed by atoms with van der Waals surface area (Å²) < 4.78 is 1.13. The molecule has 4 heterocycles. The van der Waals surface area contributed by atoms with Crippen LogP contribution < -0.4 is 0 Å². The third-order valence-corrected chi connectivity index (χ3v) is 5.95. The van der Waals surface area contributed by atoms with Crippen LogP contribution in [0.5, 0.6) is 0 Å². The SMILES string of the molecule is C=NC(=NC)c1nc(-c2sc(-c3cncnc3)nc2C)cc2sccc12. The number of pyridine rings is 1. The van der Waals surface area contributed by atoms with E-state index in [-0.39, 0.29) is 0 Å². The lowest BCUT2D eigenvalue weighted by Gasteiger charge is -2.05. The quantitative estimate of drug-likeness (QED) is 0.394. The highest BCUT2D eigenvalue weighted by atomic mass is 32.1. The minimum absolute atomic E-state index is 0.536. The highest BCUT2D eigenvalue weighted by molar-refractivity contribution is 7.19. The second kappa shape index (κ2) is 6.81. The second-order valence-electron chi connectivity index (χ2n) is 5.45. The average Bonchev–Trinajstić information content (AvgIpc) is 3.29. The molecule has 0 unspecified atom stereocenters. The fourth-order valence-corrected chi connectivity index (χ4v) is 4.49. The van der Waals surface area contributed by atoms with Gasteiger partial charge >= 0.3 is 0 Å². The Morgan fingerprint density at radius 1 is 1.19 bits per heavy atom. The highest BCUT2D eigenvalue weighted by Crippen LogP contribution is 2.36. The maximum atomic E-state index is 4.83. The first-order valence-electron chi connectivity index (χ1n) is 7.76. The summed E-state index contributed by atoms with van der Waals surface area (Å²) in [5, 5.41) is 3.95. The molecule has 6 nitrogen and oxygen atoms in total. The van der Waals surface area contributed by atoms with Crippen LogP contribution in [0.15, 0.2) is 46.2 Å². The number of aryl methyl sites for hydroxylation is 1. The van der Waals surface area contributed by atoms with Crippen molar-refractivity contribution in [1.29, 1.82) is 0 Å². The maximum Gasteiger partial charge on any atom is 0.173 e. The largest absolute Gasteiger partial charge is 0.268 e. The van der Waals surface area contributed by atoms with E-state index in [0.717, 1.165) is 42.6 Å². The van der Waals surface area contributed by atoms with Gasteiger partial charge in [0, 0.05) is 35.1 Å². The lowest BCUT2D eigenvalue weighted by Crippen LogP contribution is -2.02. The van der Waals surface area contributed by atoms with Crippen LogP contribution >= 0.6 is 22.7 Å². The highest BCUT2D eigenvalue weighted by Gasteiger charge is 2.17. The van der Waals surface area contributed by atoms with E-state index in [1.54, 1.807) is 42.1 Å². The Hall–Kier alpha value is -2.84. The van der Waals surface area contributed by atoms with Gasteiger partial charge in [-0.15, -0.1) is 22.7 Å². The van der Waals surface area contributed by atoms with Crippen LogP contribution in [0.1, 0.15) is 11.4 Å². The molecule has 26 heavy (non-hydrogen) atoms. The van der Waals surface area contributed by atoms with Crippen molar-refractivity contribution in [3.8, 4) is 21.1 Å².